The topological polar surface area (TPSA) is 57.4 Å². The Morgan fingerprint density at radius 2 is 0.458 bits per heavy atom. The molecular formula is C79H72N4. The van der Waals surface area contributed by atoms with E-state index in [0.29, 0.717) is 11.1 Å². The molecule has 0 atom stereocenters. The van der Waals surface area contributed by atoms with Gasteiger partial charge in [0.1, 0.15) is 0 Å². The highest BCUT2D eigenvalue weighted by Crippen LogP contribution is 2.48. The third-order valence-electron chi connectivity index (χ3n) is 17.4. The molecule has 2 heterocycles. The zero-order valence-electron chi connectivity index (χ0n) is 50.1. The minimum Gasteiger partial charge on any atom is -0.309 e. The first-order valence-electron chi connectivity index (χ1n) is 29.2. The van der Waals surface area contributed by atoms with Crippen molar-refractivity contribution in [3.05, 3.63) is 274 Å². The predicted molar refractivity (Wildman–Crippen MR) is 349 cm³/mol. The minimum atomic E-state index is -0.822. The van der Waals surface area contributed by atoms with Crippen molar-refractivity contribution in [3.8, 4) is 45.8 Å². The van der Waals surface area contributed by atoms with E-state index < -0.39 is 5.41 Å². The van der Waals surface area contributed by atoms with Crippen molar-refractivity contribution in [2.24, 2.45) is 0 Å². The molecule has 4 heteroatoms. The van der Waals surface area contributed by atoms with Crippen LogP contribution in [0.3, 0.4) is 0 Å². The molecule has 0 aliphatic heterocycles. The van der Waals surface area contributed by atoms with E-state index in [2.05, 4.69) is 274 Å². The third kappa shape index (κ3) is 9.61. The lowest BCUT2D eigenvalue weighted by Gasteiger charge is -2.37. The van der Waals surface area contributed by atoms with Gasteiger partial charge in [-0.15, -0.1) is 0 Å². The molecule has 12 rings (SSSR count). The fourth-order valence-corrected chi connectivity index (χ4v) is 12.5. The second-order valence-electron chi connectivity index (χ2n) is 27.0. The highest BCUT2D eigenvalue weighted by atomic mass is 15.0. The Kier molecular flexibility index (Phi) is 13.1. The summed E-state index contributed by atoms with van der Waals surface area (Å²) in [5.41, 5.74) is 21.3. The number of hydrogen-bond acceptors (Lipinski definition) is 2. The Morgan fingerprint density at radius 1 is 0.253 bits per heavy atom. The van der Waals surface area contributed by atoms with Gasteiger partial charge in [-0.05, 0) is 185 Å². The molecule has 10 aromatic carbocycles. The van der Waals surface area contributed by atoms with Gasteiger partial charge < -0.3 is 9.13 Å². The van der Waals surface area contributed by atoms with Crippen LogP contribution >= 0.6 is 0 Å². The lowest BCUT2D eigenvalue weighted by molar-refractivity contribution is 0.590. The van der Waals surface area contributed by atoms with Gasteiger partial charge in [0.15, 0.2) is 0 Å². The van der Waals surface area contributed by atoms with Crippen LogP contribution in [0, 0.1) is 22.7 Å². The minimum absolute atomic E-state index is 0.0103. The van der Waals surface area contributed by atoms with Crippen molar-refractivity contribution in [2.75, 3.05) is 0 Å². The summed E-state index contributed by atoms with van der Waals surface area (Å²) in [6.07, 6.45) is 0. The Labute approximate surface area is 490 Å². The van der Waals surface area contributed by atoms with Gasteiger partial charge in [0.25, 0.3) is 0 Å². The molecule has 0 aliphatic carbocycles. The molecular weight excluding hydrogens is 1000 g/mol. The lowest BCUT2D eigenvalue weighted by atomic mass is 9.65. The molecule has 2 aromatic heterocycles. The van der Waals surface area contributed by atoms with E-state index >= 15 is 0 Å². The molecule has 0 saturated carbocycles. The molecule has 0 unspecified atom stereocenters. The smallest absolute Gasteiger partial charge is 0.0991 e. The van der Waals surface area contributed by atoms with E-state index in [1.54, 1.807) is 0 Å². The van der Waals surface area contributed by atoms with Crippen molar-refractivity contribution in [3.63, 3.8) is 0 Å². The standard InChI is InChI=1S/C79H72N4/c1-75(2,3)61-33-41-71-67(45-61)68-46-62(76(4,5)6)34-42-72(68)82(71)65-37-29-59(30-38-65)79(57-25-21-55(22-26-57)53-17-13-51(49-80)14-18-53,58-27-23-56(24-28-58)54-19-15-52(50-81)16-20-54)60-31-39-66(40-32-60)83-73-43-35-63(77(7,8)9)47-69(73)70-48-64(78(10,11)12)36-44-74(70)83/h13-48H,1-12H3. The van der Waals surface area contributed by atoms with Gasteiger partial charge in [0.2, 0.25) is 0 Å². The number of rotatable bonds is 8. The zero-order valence-corrected chi connectivity index (χ0v) is 50.1. The van der Waals surface area contributed by atoms with Crippen LogP contribution in [0.5, 0.6) is 0 Å². The van der Waals surface area contributed by atoms with E-state index in [4.69, 9.17) is 0 Å². The first-order chi connectivity index (χ1) is 39.5. The summed E-state index contributed by atoms with van der Waals surface area (Å²) in [6.45, 7) is 27.5. The molecule has 408 valence electrons. The van der Waals surface area contributed by atoms with Crippen LogP contribution in [-0.2, 0) is 27.1 Å². The number of nitriles is 2. The normalized spacial score (nSPS) is 12.6. The Bertz CT molecular complexity index is 4080. The summed E-state index contributed by atoms with van der Waals surface area (Å²) >= 11 is 0. The molecule has 83 heavy (non-hydrogen) atoms. The summed E-state index contributed by atoms with van der Waals surface area (Å²) in [5.74, 6) is 0. The predicted octanol–water partition coefficient (Wildman–Crippen LogP) is 20.5. The van der Waals surface area contributed by atoms with Crippen LogP contribution in [0.4, 0.5) is 0 Å². The maximum absolute atomic E-state index is 9.66. The Hall–Kier alpha value is -9.22. The fraction of sp³-hybridized carbons (Fsp3) is 0.215. The van der Waals surface area contributed by atoms with E-state index in [1.807, 2.05) is 48.5 Å². The molecule has 0 amide bonds. The average molecular weight is 1080 g/mol. The highest BCUT2D eigenvalue weighted by molar-refractivity contribution is 6.11. The number of hydrogen-bond donors (Lipinski definition) is 0. The van der Waals surface area contributed by atoms with Gasteiger partial charge in [-0.25, -0.2) is 0 Å². The van der Waals surface area contributed by atoms with Crippen LogP contribution in [0.15, 0.2) is 218 Å². The quantitative estimate of drug-likeness (QED) is 0.142. The van der Waals surface area contributed by atoms with E-state index in [1.165, 1.54) is 65.9 Å². The zero-order chi connectivity index (χ0) is 58.4. The number of fused-ring (bicyclic) bond motifs is 6. The fourth-order valence-electron chi connectivity index (χ4n) is 12.5. The maximum atomic E-state index is 9.66. The maximum Gasteiger partial charge on any atom is 0.0991 e. The van der Waals surface area contributed by atoms with E-state index in [0.717, 1.165) is 55.9 Å². The highest BCUT2D eigenvalue weighted by Gasteiger charge is 2.39. The SMILES string of the molecule is CC(C)(C)c1ccc2c(c1)c1cc(C(C)(C)C)ccc1n2-c1ccc(C(c2ccc(-c3ccc(C#N)cc3)cc2)(c2ccc(-c3ccc(C#N)cc3)cc2)c2ccc(-n3c4ccc(C(C)(C)C)cc4c4cc(C(C)(C)C)ccc43)cc2)cc1. The lowest BCUT2D eigenvalue weighted by Crippen LogP contribution is -2.31. The van der Waals surface area contributed by atoms with Gasteiger partial charge in [0, 0.05) is 32.9 Å². The van der Waals surface area contributed by atoms with Crippen molar-refractivity contribution >= 4 is 43.6 Å². The van der Waals surface area contributed by atoms with Crippen LogP contribution in [0.1, 0.15) is 139 Å². The first-order valence-corrected chi connectivity index (χ1v) is 29.2. The molecule has 12 aromatic rings. The Morgan fingerprint density at radius 3 is 0.675 bits per heavy atom. The molecule has 4 nitrogen and oxygen atoms in total. The number of benzene rings is 10. The van der Waals surface area contributed by atoms with E-state index in [9.17, 15) is 10.5 Å². The van der Waals surface area contributed by atoms with Crippen molar-refractivity contribution < 1.29 is 0 Å². The third-order valence-corrected chi connectivity index (χ3v) is 17.4. The molecule has 0 aliphatic rings. The second kappa shape index (κ2) is 20.0. The summed E-state index contributed by atoms with van der Waals surface area (Å²) in [6, 6.07) is 85.2. The summed E-state index contributed by atoms with van der Waals surface area (Å²) in [4.78, 5) is 0. The molecule has 0 saturated heterocycles. The van der Waals surface area contributed by atoms with Gasteiger partial charge in [-0.1, -0.05) is 204 Å². The second-order valence-corrected chi connectivity index (χ2v) is 27.0. The van der Waals surface area contributed by atoms with Gasteiger partial charge in [-0.2, -0.15) is 10.5 Å². The largest absolute Gasteiger partial charge is 0.309 e. The Balaban J connectivity index is 1.10. The van der Waals surface area contributed by atoms with Crippen LogP contribution in [0.2, 0.25) is 0 Å². The van der Waals surface area contributed by atoms with Gasteiger partial charge >= 0.3 is 0 Å². The van der Waals surface area contributed by atoms with Crippen LogP contribution in [-0.4, -0.2) is 9.13 Å². The average Bonchev–Trinajstić information content (AvgIpc) is 3.45. The van der Waals surface area contributed by atoms with Crippen LogP contribution < -0.4 is 0 Å². The van der Waals surface area contributed by atoms with Gasteiger partial charge in [-0.3, -0.25) is 0 Å². The van der Waals surface area contributed by atoms with E-state index in [-0.39, 0.29) is 21.7 Å². The monoisotopic (exact) mass is 1080 g/mol. The summed E-state index contributed by atoms with van der Waals surface area (Å²) < 4.78 is 4.90. The molecule has 0 radical (unpaired) electrons. The van der Waals surface area contributed by atoms with Crippen molar-refractivity contribution in [2.45, 2.75) is 110 Å². The number of nitrogens with zero attached hydrogens (tertiary/aromatic N) is 4. The summed E-state index contributed by atoms with van der Waals surface area (Å²) in [5, 5.41) is 24.4. The molecule has 0 fully saturated rings. The molecule has 0 spiro atoms. The molecule has 0 N–H and O–H groups in total. The summed E-state index contributed by atoms with van der Waals surface area (Å²) in [7, 11) is 0. The number of aromatic nitrogens is 2. The van der Waals surface area contributed by atoms with Crippen molar-refractivity contribution in [1.82, 2.24) is 9.13 Å². The first kappa shape index (κ1) is 54.4. The van der Waals surface area contributed by atoms with Gasteiger partial charge in [0.05, 0.1) is 50.7 Å². The molecule has 0 bridgehead atoms. The van der Waals surface area contributed by atoms with Crippen LogP contribution in [0.25, 0.3) is 77.2 Å². The van der Waals surface area contributed by atoms with Crippen molar-refractivity contribution in [1.29, 1.82) is 10.5 Å².